The lowest BCUT2D eigenvalue weighted by Crippen LogP contribution is -2.31. The third kappa shape index (κ3) is 2.47. The SMILES string of the molecule is O=C(O)C(F)(F)Cc1cc(F)cc(F)c1F. The Kier molecular flexibility index (Phi) is 3.16. The molecule has 0 unspecified atom stereocenters. The van der Waals surface area contributed by atoms with Crippen molar-refractivity contribution in [3.8, 4) is 0 Å². The van der Waals surface area contributed by atoms with Crippen LogP contribution in [0.1, 0.15) is 5.56 Å². The lowest BCUT2D eigenvalue weighted by atomic mass is 10.1. The molecule has 1 rings (SSSR count). The summed E-state index contributed by atoms with van der Waals surface area (Å²) in [6.45, 7) is 0. The second kappa shape index (κ2) is 4.07. The molecule has 7 heteroatoms. The first-order valence-corrected chi connectivity index (χ1v) is 3.98. The summed E-state index contributed by atoms with van der Waals surface area (Å²) in [5.74, 6) is -11.3. The summed E-state index contributed by atoms with van der Waals surface area (Å²) in [6, 6.07) is 0.507. The average molecular weight is 240 g/mol. The molecule has 0 spiro atoms. The highest BCUT2D eigenvalue weighted by atomic mass is 19.3. The van der Waals surface area contributed by atoms with E-state index in [-0.39, 0.29) is 6.07 Å². The van der Waals surface area contributed by atoms with Crippen LogP contribution in [-0.2, 0) is 11.2 Å². The number of aliphatic carboxylic acids is 1. The summed E-state index contributed by atoms with van der Waals surface area (Å²) in [4.78, 5) is 10.0. The van der Waals surface area contributed by atoms with Crippen molar-refractivity contribution in [2.75, 3.05) is 0 Å². The molecule has 0 bridgehead atoms. The molecule has 0 aliphatic carbocycles. The minimum atomic E-state index is -4.28. The van der Waals surface area contributed by atoms with Gasteiger partial charge in [-0.1, -0.05) is 0 Å². The molecule has 0 saturated carbocycles. The molecule has 0 aliphatic rings. The van der Waals surface area contributed by atoms with Crippen molar-refractivity contribution in [1.82, 2.24) is 0 Å². The summed E-state index contributed by atoms with van der Waals surface area (Å²) in [5, 5.41) is 8.07. The predicted molar refractivity (Wildman–Crippen MR) is 42.6 cm³/mol. The predicted octanol–water partition coefficient (Wildman–Crippen LogP) is 2.37. The molecule has 0 amide bonds. The minimum Gasteiger partial charge on any atom is -0.477 e. The molecule has 0 radical (unpaired) electrons. The monoisotopic (exact) mass is 240 g/mol. The van der Waals surface area contributed by atoms with Gasteiger partial charge >= 0.3 is 11.9 Å². The quantitative estimate of drug-likeness (QED) is 0.650. The molecule has 0 aliphatic heterocycles. The van der Waals surface area contributed by atoms with Crippen LogP contribution in [0.25, 0.3) is 0 Å². The van der Waals surface area contributed by atoms with E-state index in [1.54, 1.807) is 0 Å². The molecule has 1 aromatic rings. The molecular formula is C9H5F5O2. The normalized spacial score (nSPS) is 11.6. The number of rotatable bonds is 3. The van der Waals surface area contributed by atoms with Gasteiger partial charge in [-0.3, -0.25) is 0 Å². The van der Waals surface area contributed by atoms with Crippen LogP contribution in [0.15, 0.2) is 12.1 Å². The highest BCUT2D eigenvalue weighted by Gasteiger charge is 2.40. The van der Waals surface area contributed by atoms with Crippen LogP contribution in [0.2, 0.25) is 0 Å². The second-order valence-electron chi connectivity index (χ2n) is 3.05. The van der Waals surface area contributed by atoms with Gasteiger partial charge < -0.3 is 5.11 Å². The maximum absolute atomic E-state index is 12.9. The maximum atomic E-state index is 12.9. The van der Waals surface area contributed by atoms with Crippen molar-refractivity contribution in [3.63, 3.8) is 0 Å². The fourth-order valence-electron chi connectivity index (χ4n) is 1.05. The number of benzene rings is 1. The summed E-state index contributed by atoms with van der Waals surface area (Å²) < 4.78 is 63.4. The van der Waals surface area contributed by atoms with Crippen molar-refractivity contribution in [2.45, 2.75) is 12.3 Å². The van der Waals surface area contributed by atoms with E-state index in [2.05, 4.69) is 0 Å². The molecular weight excluding hydrogens is 235 g/mol. The van der Waals surface area contributed by atoms with Crippen molar-refractivity contribution in [3.05, 3.63) is 35.1 Å². The number of carboxylic acid groups (broad SMARTS) is 1. The first kappa shape index (κ1) is 12.4. The molecule has 0 aromatic heterocycles. The number of halogens is 5. The average Bonchev–Trinajstić information content (AvgIpc) is 2.12. The van der Waals surface area contributed by atoms with E-state index in [1.807, 2.05) is 0 Å². The zero-order valence-electron chi connectivity index (χ0n) is 7.61. The second-order valence-corrected chi connectivity index (χ2v) is 3.05. The first-order chi connectivity index (χ1) is 7.24. The van der Waals surface area contributed by atoms with Gasteiger partial charge in [0.2, 0.25) is 0 Å². The number of hydrogen-bond acceptors (Lipinski definition) is 1. The zero-order valence-corrected chi connectivity index (χ0v) is 7.61. The lowest BCUT2D eigenvalue weighted by Gasteiger charge is -2.11. The molecule has 1 N–H and O–H groups in total. The van der Waals surface area contributed by atoms with Crippen LogP contribution < -0.4 is 0 Å². The molecule has 0 atom stereocenters. The Hall–Kier alpha value is -1.66. The maximum Gasteiger partial charge on any atom is 0.374 e. The van der Waals surface area contributed by atoms with Gasteiger partial charge in [0.1, 0.15) is 5.82 Å². The van der Waals surface area contributed by atoms with Crippen molar-refractivity contribution in [1.29, 1.82) is 0 Å². The van der Waals surface area contributed by atoms with Gasteiger partial charge in [-0.05, 0) is 6.07 Å². The Balaban J connectivity index is 3.11. The van der Waals surface area contributed by atoms with Gasteiger partial charge in [0.15, 0.2) is 11.6 Å². The van der Waals surface area contributed by atoms with E-state index in [1.165, 1.54) is 0 Å². The molecule has 0 fully saturated rings. The Morgan fingerprint density at radius 2 is 1.81 bits per heavy atom. The van der Waals surface area contributed by atoms with Crippen LogP contribution >= 0.6 is 0 Å². The largest absolute Gasteiger partial charge is 0.477 e. The smallest absolute Gasteiger partial charge is 0.374 e. The summed E-state index contributed by atoms with van der Waals surface area (Å²) in [6.07, 6.45) is -1.61. The van der Waals surface area contributed by atoms with Gasteiger partial charge in [-0.25, -0.2) is 18.0 Å². The fourth-order valence-corrected chi connectivity index (χ4v) is 1.05. The number of carbonyl (C=O) groups is 1. The van der Waals surface area contributed by atoms with Crippen molar-refractivity contribution in [2.24, 2.45) is 0 Å². The molecule has 1 aromatic carbocycles. The van der Waals surface area contributed by atoms with Crippen LogP contribution in [0.3, 0.4) is 0 Å². The number of carboxylic acids is 1. The Bertz CT molecular complexity index is 430. The van der Waals surface area contributed by atoms with E-state index in [9.17, 15) is 26.7 Å². The zero-order chi connectivity index (χ0) is 12.5. The topological polar surface area (TPSA) is 37.3 Å². The molecule has 0 heterocycles. The van der Waals surface area contributed by atoms with Gasteiger partial charge in [0.25, 0.3) is 0 Å². The van der Waals surface area contributed by atoms with E-state index in [0.717, 1.165) is 0 Å². The van der Waals surface area contributed by atoms with E-state index < -0.39 is 41.3 Å². The Morgan fingerprint density at radius 1 is 1.25 bits per heavy atom. The molecule has 88 valence electrons. The molecule has 16 heavy (non-hydrogen) atoms. The highest BCUT2D eigenvalue weighted by molar-refractivity contribution is 5.75. The van der Waals surface area contributed by atoms with Crippen LogP contribution in [0.4, 0.5) is 22.0 Å². The molecule has 2 nitrogen and oxygen atoms in total. The standard InChI is InChI=1S/C9H5F5O2/c10-5-1-4(7(12)6(11)2-5)3-9(13,14)8(15)16/h1-2H,3H2,(H,15,16). The summed E-state index contributed by atoms with van der Waals surface area (Å²) >= 11 is 0. The molecule has 0 saturated heterocycles. The number of hydrogen-bond donors (Lipinski definition) is 1. The van der Waals surface area contributed by atoms with E-state index in [0.29, 0.717) is 6.07 Å². The third-order valence-corrected chi connectivity index (χ3v) is 1.79. The Morgan fingerprint density at radius 3 is 2.31 bits per heavy atom. The Labute approximate surface area is 86.3 Å². The van der Waals surface area contributed by atoms with Gasteiger partial charge in [-0.15, -0.1) is 0 Å². The van der Waals surface area contributed by atoms with Gasteiger partial charge in [0.05, 0.1) is 6.42 Å². The number of alkyl halides is 2. The van der Waals surface area contributed by atoms with Gasteiger partial charge in [0, 0.05) is 11.6 Å². The van der Waals surface area contributed by atoms with Crippen LogP contribution in [0, 0.1) is 17.5 Å². The minimum absolute atomic E-state index is 0.178. The lowest BCUT2D eigenvalue weighted by molar-refractivity contribution is -0.164. The van der Waals surface area contributed by atoms with Gasteiger partial charge in [-0.2, -0.15) is 8.78 Å². The fraction of sp³-hybridized carbons (Fsp3) is 0.222. The van der Waals surface area contributed by atoms with E-state index in [4.69, 9.17) is 5.11 Å². The van der Waals surface area contributed by atoms with Crippen LogP contribution in [0.5, 0.6) is 0 Å². The highest BCUT2D eigenvalue weighted by Crippen LogP contribution is 2.24. The van der Waals surface area contributed by atoms with Crippen LogP contribution in [-0.4, -0.2) is 17.0 Å². The first-order valence-electron chi connectivity index (χ1n) is 3.98. The van der Waals surface area contributed by atoms with Crippen molar-refractivity contribution < 1.29 is 31.9 Å². The summed E-state index contributed by atoms with van der Waals surface area (Å²) in [5.41, 5.74) is -1.02. The van der Waals surface area contributed by atoms with E-state index >= 15 is 0 Å². The summed E-state index contributed by atoms with van der Waals surface area (Å²) in [7, 11) is 0. The van der Waals surface area contributed by atoms with Crippen molar-refractivity contribution >= 4 is 5.97 Å². The third-order valence-electron chi connectivity index (χ3n) is 1.79.